The van der Waals surface area contributed by atoms with Gasteiger partial charge in [0, 0.05) is 51.2 Å². The van der Waals surface area contributed by atoms with Crippen molar-refractivity contribution in [3.8, 4) is 6.07 Å². The fraction of sp³-hybridized carbons (Fsp3) is 0.579. The van der Waals surface area contributed by atoms with Crippen molar-refractivity contribution >= 4 is 17.5 Å². The number of hydrogen-bond acceptors (Lipinski definition) is 7. The molecule has 1 N–H and O–H groups in total. The van der Waals surface area contributed by atoms with Gasteiger partial charge in [-0.3, -0.25) is 9.58 Å². The Morgan fingerprint density at radius 3 is 2.71 bits per heavy atom. The highest BCUT2D eigenvalue weighted by Crippen LogP contribution is 2.37. The molecule has 28 heavy (non-hydrogen) atoms. The average Bonchev–Trinajstić information content (AvgIpc) is 3.05. The number of aromatic nitrogens is 4. The first-order chi connectivity index (χ1) is 13.5. The lowest BCUT2D eigenvalue weighted by atomic mass is 9.83. The maximum atomic E-state index is 13.5. The summed E-state index contributed by atoms with van der Waals surface area (Å²) in [5.41, 5.74) is 1.61. The number of likely N-dealkylation sites (tertiary alicyclic amines) is 1. The Balaban J connectivity index is 1.49. The van der Waals surface area contributed by atoms with Gasteiger partial charge in [-0.25, -0.2) is 9.37 Å². The topological polar surface area (TPSA) is 85.9 Å². The van der Waals surface area contributed by atoms with Crippen LogP contribution in [0.2, 0.25) is 0 Å². The second-order valence-corrected chi connectivity index (χ2v) is 7.80. The molecule has 2 aromatic heterocycles. The monoisotopic (exact) mass is 384 g/mol. The number of hydrogen-bond donors (Lipinski definition) is 1. The number of anilines is 3. The molecule has 0 atom stereocenters. The molecule has 4 heterocycles. The van der Waals surface area contributed by atoms with Gasteiger partial charge in [0.2, 0.25) is 5.95 Å². The van der Waals surface area contributed by atoms with Crippen molar-refractivity contribution in [3.63, 3.8) is 0 Å². The SMILES string of the molecule is Cc1cnc(Nc2cnn(C)c2)nc1N1CC(CC#N)(N2CCC(F)CC2)C1. The van der Waals surface area contributed by atoms with E-state index in [1.807, 2.05) is 20.2 Å². The standard InChI is InChI=1S/C19H25FN8/c1-14-9-22-18(24-16-10-23-26(2)11-16)25-17(14)27-12-19(13-27,5-6-21)28-7-3-15(20)4-8-28/h9-11,15H,3-5,7-8,12-13H2,1-2H3,(H,22,24,25). The van der Waals surface area contributed by atoms with Crippen LogP contribution in [0.3, 0.4) is 0 Å². The molecule has 0 aliphatic carbocycles. The molecule has 2 fully saturated rings. The lowest BCUT2D eigenvalue weighted by Crippen LogP contribution is -2.71. The summed E-state index contributed by atoms with van der Waals surface area (Å²) in [6, 6.07) is 2.34. The van der Waals surface area contributed by atoms with Gasteiger partial charge in [0.1, 0.15) is 12.0 Å². The quantitative estimate of drug-likeness (QED) is 0.845. The van der Waals surface area contributed by atoms with Crippen molar-refractivity contribution in [1.82, 2.24) is 24.6 Å². The molecule has 0 spiro atoms. The van der Waals surface area contributed by atoms with Crippen LogP contribution in [-0.2, 0) is 7.05 Å². The van der Waals surface area contributed by atoms with Crippen molar-refractivity contribution in [2.75, 3.05) is 36.4 Å². The molecular formula is C19H25FN8. The van der Waals surface area contributed by atoms with Gasteiger partial charge in [-0.2, -0.15) is 15.3 Å². The Morgan fingerprint density at radius 1 is 1.32 bits per heavy atom. The Kier molecular flexibility index (Phi) is 4.89. The molecule has 0 radical (unpaired) electrons. The Labute approximate surface area is 164 Å². The summed E-state index contributed by atoms with van der Waals surface area (Å²) in [6.45, 7) is 4.87. The van der Waals surface area contributed by atoms with Crippen LogP contribution in [0.1, 0.15) is 24.8 Å². The highest BCUT2D eigenvalue weighted by molar-refractivity contribution is 5.57. The molecule has 9 heteroatoms. The maximum Gasteiger partial charge on any atom is 0.229 e. The first kappa shape index (κ1) is 18.6. The molecule has 0 amide bonds. The van der Waals surface area contributed by atoms with Crippen LogP contribution in [0.5, 0.6) is 0 Å². The number of halogens is 1. The average molecular weight is 384 g/mol. The molecular weight excluding hydrogens is 359 g/mol. The van der Waals surface area contributed by atoms with Crippen molar-refractivity contribution in [2.24, 2.45) is 7.05 Å². The first-order valence-electron chi connectivity index (χ1n) is 9.59. The van der Waals surface area contributed by atoms with Gasteiger partial charge in [-0.15, -0.1) is 0 Å². The van der Waals surface area contributed by atoms with E-state index in [2.05, 4.69) is 36.3 Å². The molecule has 2 aliphatic heterocycles. The lowest BCUT2D eigenvalue weighted by molar-refractivity contribution is 0.0227. The lowest BCUT2D eigenvalue weighted by Gasteiger charge is -2.56. The van der Waals surface area contributed by atoms with E-state index in [0.717, 1.165) is 30.2 Å². The van der Waals surface area contributed by atoms with E-state index in [4.69, 9.17) is 0 Å². The maximum absolute atomic E-state index is 13.5. The van der Waals surface area contributed by atoms with Gasteiger partial charge in [0.25, 0.3) is 0 Å². The molecule has 2 aliphatic rings. The van der Waals surface area contributed by atoms with Crippen molar-refractivity contribution in [2.45, 2.75) is 37.9 Å². The van der Waals surface area contributed by atoms with E-state index >= 15 is 0 Å². The van der Waals surface area contributed by atoms with Crippen LogP contribution < -0.4 is 10.2 Å². The zero-order valence-electron chi connectivity index (χ0n) is 16.3. The van der Waals surface area contributed by atoms with E-state index in [0.29, 0.717) is 38.3 Å². The first-order valence-corrected chi connectivity index (χ1v) is 9.59. The Hall–Kier alpha value is -2.73. The summed E-state index contributed by atoms with van der Waals surface area (Å²) >= 11 is 0. The second-order valence-electron chi connectivity index (χ2n) is 7.80. The molecule has 2 saturated heterocycles. The number of nitrogens with zero attached hydrogens (tertiary/aromatic N) is 7. The summed E-state index contributed by atoms with van der Waals surface area (Å²) in [6.07, 6.45) is 6.23. The van der Waals surface area contributed by atoms with Gasteiger partial charge < -0.3 is 10.2 Å². The highest BCUT2D eigenvalue weighted by atomic mass is 19.1. The summed E-state index contributed by atoms with van der Waals surface area (Å²) in [5, 5.41) is 16.7. The van der Waals surface area contributed by atoms with Crippen LogP contribution in [0.15, 0.2) is 18.6 Å². The fourth-order valence-corrected chi connectivity index (χ4v) is 4.14. The third-order valence-electron chi connectivity index (χ3n) is 5.68. The van der Waals surface area contributed by atoms with Crippen molar-refractivity contribution < 1.29 is 4.39 Å². The number of aryl methyl sites for hydroxylation is 2. The van der Waals surface area contributed by atoms with E-state index < -0.39 is 6.17 Å². The minimum absolute atomic E-state index is 0.205. The van der Waals surface area contributed by atoms with Gasteiger partial charge in [0.15, 0.2) is 0 Å². The largest absolute Gasteiger partial charge is 0.352 e. The number of piperidine rings is 1. The van der Waals surface area contributed by atoms with Gasteiger partial charge >= 0.3 is 0 Å². The van der Waals surface area contributed by atoms with Crippen molar-refractivity contribution in [3.05, 3.63) is 24.2 Å². The minimum atomic E-state index is -0.711. The number of nitrogens with one attached hydrogen (secondary N) is 1. The van der Waals surface area contributed by atoms with Crippen LogP contribution in [0, 0.1) is 18.3 Å². The van der Waals surface area contributed by atoms with Gasteiger partial charge in [0.05, 0.1) is 29.9 Å². The van der Waals surface area contributed by atoms with E-state index in [-0.39, 0.29) is 5.54 Å². The van der Waals surface area contributed by atoms with Gasteiger partial charge in [-0.1, -0.05) is 0 Å². The smallest absolute Gasteiger partial charge is 0.229 e. The molecule has 0 aromatic carbocycles. The van der Waals surface area contributed by atoms with Gasteiger partial charge in [-0.05, 0) is 19.8 Å². The van der Waals surface area contributed by atoms with Crippen LogP contribution >= 0.6 is 0 Å². The number of rotatable bonds is 5. The normalized spacial score (nSPS) is 19.9. The summed E-state index contributed by atoms with van der Waals surface area (Å²) in [4.78, 5) is 13.5. The van der Waals surface area contributed by atoms with Crippen LogP contribution in [-0.4, -0.2) is 62.5 Å². The zero-order chi connectivity index (χ0) is 19.7. The molecule has 0 bridgehead atoms. The summed E-state index contributed by atoms with van der Waals surface area (Å²) in [5.74, 6) is 1.39. The third-order valence-corrected chi connectivity index (χ3v) is 5.68. The third kappa shape index (κ3) is 3.52. The molecule has 8 nitrogen and oxygen atoms in total. The van der Waals surface area contributed by atoms with Crippen molar-refractivity contribution in [1.29, 1.82) is 5.26 Å². The van der Waals surface area contributed by atoms with Crippen LogP contribution in [0.4, 0.5) is 21.8 Å². The van der Waals surface area contributed by atoms with E-state index in [9.17, 15) is 9.65 Å². The number of alkyl halides is 1. The Morgan fingerprint density at radius 2 is 2.07 bits per heavy atom. The van der Waals surface area contributed by atoms with E-state index in [1.54, 1.807) is 17.1 Å². The van der Waals surface area contributed by atoms with Crippen LogP contribution in [0.25, 0.3) is 0 Å². The Bertz CT molecular complexity index is 874. The number of nitriles is 1. The second kappa shape index (κ2) is 7.36. The summed E-state index contributed by atoms with van der Waals surface area (Å²) < 4.78 is 15.3. The summed E-state index contributed by atoms with van der Waals surface area (Å²) in [7, 11) is 1.85. The molecule has 0 saturated carbocycles. The fourth-order valence-electron chi connectivity index (χ4n) is 4.14. The molecule has 2 aromatic rings. The minimum Gasteiger partial charge on any atom is -0.352 e. The predicted octanol–water partition coefficient (Wildman–Crippen LogP) is 2.17. The molecule has 0 unspecified atom stereocenters. The predicted molar refractivity (Wildman–Crippen MR) is 104 cm³/mol. The molecule has 4 rings (SSSR count). The molecule has 148 valence electrons. The van der Waals surface area contributed by atoms with E-state index in [1.165, 1.54) is 0 Å². The highest BCUT2D eigenvalue weighted by Gasteiger charge is 2.49. The zero-order valence-corrected chi connectivity index (χ0v) is 16.3.